The van der Waals surface area contributed by atoms with Gasteiger partial charge in [-0.1, -0.05) is 13.3 Å². The molecule has 5 N–H and O–H groups in total. The fourth-order valence-corrected chi connectivity index (χ4v) is 4.46. The quantitative estimate of drug-likeness (QED) is 0.692. The topological polar surface area (TPSA) is 115 Å². The molecule has 1 saturated carbocycles. The maximum absolute atomic E-state index is 15.4. The number of nitrogens with zero attached hydrogens (tertiary/aromatic N) is 2. The van der Waals surface area contributed by atoms with E-state index in [1.165, 1.54) is 6.20 Å². The average Bonchev–Trinajstić information content (AvgIpc) is 3.42. The number of halogens is 1. The van der Waals surface area contributed by atoms with Crippen LogP contribution in [0.15, 0.2) is 11.0 Å². The van der Waals surface area contributed by atoms with Gasteiger partial charge in [-0.25, -0.2) is 9.18 Å². The number of nitrogens with two attached hydrogens (primary N) is 2. The Hall–Kier alpha value is -2.61. The number of aromatic carboxylic acids is 1. The van der Waals surface area contributed by atoms with Gasteiger partial charge in [-0.15, -0.1) is 0 Å². The third-order valence-corrected chi connectivity index (χ3v) is 6.16. The first-order valence-electron chi connectivity index (χ1n) is 9.66. The normalized spacial score (nSPS) is 22.2. The second kappa shape index (κ2) is 6.48. The van der Waals surface area contributed by atoms with Crippen molar-refractivity contribution in [3.05, 3.63) is 33.4 Å². The zero-order chi connectivity index (χ0) is 20.3. The summed E-state index contributed by atoms with van der Waals surface area (Å²) in [7, 11) is 0. The van der Waals surface area contributed by atoms with Gasteiger partial charge in [0.25, 0.3) is 0 Å². The lowest BCUT2D eigenvalue weighted by Gasteiger charge is -2.25. The molecular weight excluding hydrogens is 363 g/mol. The van der Waals surface area contributed by atoms with Crippen LogP contribution in [0.1, 0.15) is 48.1 Å². The third kappa shape index (κ3) is 2.66. The van der Waals surface area contributed by atoms with Gasteiger partial charge in [-0.05, 0) is 31.2 Å². The number of hydrogen-bond donors (Lipinski definition) is 3. The highest BCUT2D eigenvalue weighted by molar-refractivity contribution is 6.01. The fraction of sp³-hybridized carbons (Fsp3) is 0.500. The zero-order valence-electron chi connectivity index (χ0n) is 16.0. The van der Waals surface area contributed by atoms with E-state index in [1.807, 2.05) is 4.90 Å². The van der Waals surface area contributed by atoms with Gasteiger partial charge < -0.3 is 26.0 Å². The minimum absolute atomic E-state index is 0.0407. The molecule has 28 heavy (non-hydrogen) atoms. The van der Waals surface area contributed by atoms with Crippen molar-refractivity contribution in [1.82, 2.24) is 4.57 Å². The number of carboxylic acids is 1. The Bertz CT molecular complexity index is 1040. The van der Waals surface area contributed by atoms with Gasteiger partial charge in [-0.3, -0.25) is 4.79 Å². The molecule has 2 fully saturated rings. The SMILES string of the molecule is CC[C@H]1CN(c2c(F)c(N)c3c(=O)c(C(=O)O)cn(C4CC4)c3c2C)C[C@@H]1N. The zero-order valence-corrected chi connectivity index (χ0v) is 16.0. The van der Waals surface area contributed by atoms with Gasteiger partial charge in [0.2, 0.25) is 5.43 Å². The molecule has 1 aliphatic heterocycles. The summed E-state index contributed by atoms with van der Waals surface area (Å²) in [4.78, 5) is 26.3. The smallest absolute Gasteiger partial charge is 0.341 e. The number of pyridine rings is 1. The Morgan fingerprint density at radius 1 is 1.36 bits per heavy atom. The number of benzene rings is 1. The molecule has 1 saturated heterocycles. The van der Waals surface area contributed by atoms with Crippen LogP contribution in [0.2, 0.25) is 0 Å². The highest BCUT2D eigenvalue weighted by atomic mass is 19.1. The predicted octanol–water partition coefficient (Wildman–Crippen LogP) is 2.24. The molecule has 0 amide bonds. The fourth-order valence-electron chi connectivity index (χ4n) is 4.46. The number of nitrogen functional groups attached to an aromatic ring is 1. The average molecular weight is 388 g/mol. The van der Waals surface area contributed by atoms with E-state index < -0.39 is 17.2 Å². The Kier molecular flexibility index (Phi) is 4.33. The largest absolute Gasteiger partial charge is 0.477 e. The summed E-state index contributed by atoms with van der Waals surface area (Å²) in [6.45, 7) is 4.97. The van der Waals surface area contributed by atoms with Crippen LogP contribution in [0.5, 0.6) is 0 Å². The summed E-state index contributed by atoms with van der Waals surface area (Å²) in [5.41, 5.74) is 12.4. The predicted molar refractivity (Wildman–Crippen MR) is 107 cm³/mol. The van der Waals surface area contributed by atoms with Gasteiger partial charge in [0.05, 0.1) is 22.3 Å². The maximum Gasteiger partial charge on any atom is 0.341 e. The Balaban J connectivity index is 2.03. The molecule has 1 aromatic carbocycles. The van der Waals surface area contributed by atoms with E-state index in [0.29, 0.717) is 29.9 Å². The second-order valence-corrected chi connectivity index (χ2v) is 7.98. The second-order valence-electron chi connectivity index (χ2n) is 7.98. The first-order valence-corrected chi connectivity index (χ1v) is 9.66. The molecule has 0 spiro atoms. The molecule has 8 heteroatoms. The van der Waals surface area contributed by atoms with E-state index in [-0.39, 0.29) is 34.6 Å². The number of carbonyl (C=O) groups is 1. The molecule has 0 radical (unpaired) electrons. The van der Waals surface area contributed by atoms with Crippen molar-refractivity contribution in [2.45, 2.75) is 45.2 Å². The third-order valence-electron chi connectivity index (χ3n) is 6.16. The van der Waals surface area contributed by atoms with Gasteiger partial charge in [-0.2, -0.15) is 0 Å². The molecule has 4 rings (SSSR count). The van der Waals surface area contributed by atoms with Crippen LogP contribution < -0.4 is 21.8 Å². The Morgan fingerprint density at radius 3 is 2.57 bits per heavy atom. The van der Waals surface area contributed by atoms with Crippen molar-refractivity contribution in [1.29, 1.82) is 0 Å². The molecule has 2 heterocycles. The van der Waals surface area contributed by atoms with Crippen LogP contribution in [0.25, 0.3) is 10.9 Å². The molecule has 2 atom stereocenters. The van der Waals surface area contributed by atoms with Gasteiger partial charge >= 0.3 is 5.97 Å². The van der Waals surface area contributed by atoms with E-state index in [1.54, 1.807) is 11.5 Å². The van der Waals surface area contributed by atoms with Crippen molar-refractivity contribution in [3.63, 3.8) is 0 Å². The number of aryl methyl sites for hydroxylation is 1. The van der Waals surface area contributed by atoms with E-state index in [9.17, 15) is 14.7 Å². The summed E-state index contributed by atoms with van der Waals surface area (Å²) in [6, 6.07) is 0.0440. The molecule has 7 nitrogen and oxygen atoms in total. The number of rotatable bonds is 4. The van der Waals surface area contributed by atoms with E-state index in [4.69, 9.17) is 11.5 Å². The first-order chi connectivity index (χ1) is 13.3. The maximum atomic E-state index is 15.4. The van der Waals surface area contributed by atoms with Crippen LogP contribution in [-0.2, 0) is 0 Å². The van der Waals surface area contributed by atoms with Crippen LogP contribution >= 0.6 is 0 Å². The lowest BCUT2D eigenvalue weighted by atomic mass is 10.0. The number of anilines is 2. The lowest BCUT2D eigenvalue weighted by molar-refractivity contribution is 0.0695. The molecule has 2 aromatic rings. The van der Waals surface area contributed by atoms with E-state index in [0.717, 1.165) is 19.3 Å². The number of aromatic nitrogens is 1. The van der Waals surface area contributed by atoms with E-state index >= 15 is 4.39 Å². The minimum atomic E-state index is -1.33. The standard InChI is InChI=1S/C20H25FN4O3/c1-3-10-6-24(8-13(10)22)18-9(2)17-14(16(23)15(18)21)19(26)12(20(27)28)7-25(17)11-4-5-11/h7,10-11,13H,3-6,8,22-23H2,1-2H3,(H,27,28)/t10-,13-/m0/s1. The summed E-state index contributed by atoms with van der Waals surface area (Å²) in [5, 5.41) is 9.38. The van der Waals surface area contributed by atoms with Crippen molar-refractivity contribution in [2.24, 2.45) is 11.7 Å². The first kappa shape index (κ1) is 18.7. The summed E-state index contributed by atoms with van der Waals surface area (Å²) in [6.07, 6.45) is 4.05. The lowest BCUT2D eigenvalue weighted by Crippen LogP contribution is -2.30. The molecule has 1 aromatic heterocycles. The number of carboxylic acid groups (broad SMARTS) is 1. The van der Waals surface area contributed by atoms with Crippen LogP contribution in [0.4, 0.5) is 15.8 Å². The Morgan fingerprint density at radius 2 is 2.04 bits per heavy atom. The van der Waals surface area contributed by atoms with Gasteiger partial charge in [0.15, 0.2) is 5.82 Å². The number of hydrogen-bond acceptors (Lipinski definition) is 5. The van der Waals surface area contributed by atoms with Crippen LogP contribution in [0, 0.1) is 18.7 Å². The molecule has 0 unspecified atom stereocenters. The van der Waals surface area contributed by atoms with Crippen molar-refractivity contribution in [2.75, 3.05) is 23.7 Å². The molecule has 2 aliphatic rings. The highest BCUT2D eigenvalue weighted by Crippen LogP contribution is 2.42. The van der Waals surface area contributed by atoms with Crippen LogP contribution in [0.3, 0.4) is 0 Å². The van der Waals surface area contributed by atoms with Gasteiger partial charge in [0.1, 0.15) is 5.56 Å². The Labute approximate surface area is 161 Å². The van der Waals surface area contributed by atoms with Crippen molar-refractivity contribution >= 4 is 28.2 Å². The van der Waals surface area contributed by atoms with Crippen LogP contribution in [-0.4, -0.2) is 34.8 Å². The molecular formula is C20H25FN4O3. The number of fused-ring (bicyclic) bond motifs is 1. The monoisotopic (exact) mass is 388 g/mol. The van der Waals surface area contributed by atoms with Gasteiger partial charge in [0, 0.05) is 31.4 Å². The minimum Gasteiger partial charge on any atom is -0.477 e. The summed E-state index contributed by atoms with van der Waals surface area (Å²) in [5.74, 6) is -1.74. The summed E-state index contributed by atoms with van der Waals surface area (Å²) < 4.78 is 17.2. The molecule has 1 aliphatic carbocycles. The van der Waals surface area contributed by atoms with Crippen molar-refractivity contribution < 1.29 is 14.3 Å². The molecule has 150 valence electrons. The highest BCUT2D eigenvalue weighted by Gasteiger charge is 2.35. The van der Waals surface area contributed by atoms with E-state index in [2.05, 4.69) is 6.92 Å². The molecule has 0 bridgehead atoms. The van der Waals surface area contributed by atoms with Crippen molar-refractivity contribution in [3.8, 4) is 0 Å². The summed E-state index contributed by atoms with van der Waals surface area (Å²) >= 11 is 0.